The third kappa shape index (κ3) is 3.46. The summed E-state index contributed by atoms with van der Waals surface area (Å²) >= 11 is 8.78. The summed E-state index contributed by atoms with van der Waals surface area (Å²) in [5, 5.41) is 0. The molecule has 1 aromatic carbocycles. The SMILES string of the molecule is CC(CCl)COc1ccc(Br)cc1F. The third-order valence-corrected chi connectivity index (χ3v) is 2.70. The van der Waals surface area contributed by atoms with E-state index >= 15 is 0 Å². The van der Waals surface area contributed by atoms with Crippen molar-refractivity contribution in [1.82, 2.24) is 0 Å². The number of rotatable bonds is 4. The predicted molar refractivity (Wildman–Crippen MR) is 59.5 cm³/mol. The molecule has 0 saturated heterocycles. The molecule has 1 aromatic rings. The first kappa shape index (κ1) is 11.8. The first-order valence-electron chi connectivity index (χ1n) is 4.27. The van der Waals surface area contributed by atoms with Crippen molar-refractivity contribution in [2.24, 2.45) is 5.92 Å². The van der Waals surface area contributed by atoms with Crippen LogP contribution < -0.4 is 4.74 Å². The Hall–Kier alpha value is -0.280. The first-order valence-corrected chi connectivity index (χ1v) is 5.60. The molecule has 14 heavy (non-hydrogen) atoms. The van der Waals surface area contributed by atoms with Crippen molar-refractivity contribution < 1.29 is 9.13 Å². The second kappa shape index (κ2) is 5.56. The molecule has 0 radical (unpaired) electrons. The van der Waals surface area contributed by atoms with Crippen molar-refractivity contribution in [3.63, 3.8) is 0 Å². The zero-order valence-electron chi connectivity index (χ0n) is 7.77. The molecule has 0 N–H and O–H groups in total. The van der Waals surface area contributed by atoms with Crippen molar-refractivity contribution in [3.8, 4) is 5.75 Å². The van der Waals surface area contributed by atoms with Gasteiger partial charge in [0, 0.05) is 16.3 Å². The highest BCUT2D eigenvalue weighted by Gasteiger charge is 2.06. The normalized spacial score (nSPS) is 12.6. The van der Waals surface area contributed by atoms with Crippen LogP contribution >= 0.6 is 27.5 Å². The lowest BCUT2D eigenvalue weighted by Gasteiger charge is -2.10. The van der Waals surface area contributed by atoms with Gasteiger partial charge in [-0.3, -0.25) is 0 Å². The molecule has 0 saturated carbocycles. The van der Waals surface area contributed by atoms with E-state index < -0.39 is 0 Å². The van der Waals surface area contributed by atoms with Gasteiger partial charge in [0.2, 0.25) is 0 Å². The smallest absolute Gasteiger partial charge is 0.166 e. The highest BCUT2D eigenvalue weighted by Crippen LogP contribution is 2.21. The lowest BCUT2D eigenvalue weighted by molar-refractivity contribution is 0.261. The number of benzene rings is 1. The Morgan fingerprint density at radius 1 is 1.57 bits per heavy atom. The van der Waals surface area contributed by atoms with Crippen molar-refractivity contribution >= 4 is 27.5 Å². The van der Waals surface area contributed by atoms with Crippen LogP contribution in [0.1, 0.15) is 6.92 Å². The van der Waals surface area contributed by atoms with E-state index in [1.54, 1.807) is 12.1 Å². The van der Waals surface area contributed by atoms with Gasteiger partial charge in [-0.2, -0.15) is 0 Å². The van der Waals surface area contributed by atoms with Crippen LogP contribution in [0.5, 0.6) is 5.75 Å². The Labute approximate surface area is 96.3 Å². The summed E-state index contributed by atoms with van der Waals surface area (Å²) in [4.78, 5) is 0. The van der Waals surface area contributed by atoms with E-state index in [-0.39, 0.29) is 17.5 Å². The molecule has 0 aliphatic heterocycles. The molecule has 1 atom stereocenters. The molecule has 4 heteroatoms. The van der Waals surface area contributed by atoms with Crippen LogP contribution in [0.15, 0.2) is 22.7 Å². The fourth-order valence-electron chi connectivity index (χ4n) is 0.869. The molecular weight excluding hydrogens is 270 g/mol. The van der Waals surface area contributed by atoms with Gasteiger partial charge >= 0.3 is 0 Å². The average Bonchev–Trinajstić information content (AvgIpc) is 2.16. The second-order valence-corrected chi connectivity index (χ2v) is 4.37. The minimum atomic E-state index is -0.360. The number of alkyl halides is 1. The molecular formula is C10H11BrClFO. The zero-order chi connectivity index (χ0) is 10.6. The number of hydrogen-bond acceptors (Lipinski definition) is 1. The summed E-state index contributed by atoms with van der Waals surface area (Å²) in [6.07, 6.45) is 0. The zero-order valence-corrected chi connectivity index (χ0v) is 10.1. The van der Waals surface area contributed by atoms with Crippen LogP contribution in [0.3, 0.4) is 0 Å². The predicted octanol–water partition coefficient (Wildman–Crippen LogP) is 3.84. The van der Waals surface area contributed by atoms with E-state index in [0.29, 0.717) is 17.0 Å². The monoisotopic (exact) mass is 280 g/mol. The van der Waals surface area contributed by atoms with Gasteiger partial charge in [-0.05, 0) is 18.2 Å². The lowest BCUT2D eigenvalue weighted by Crippen LogP contribution is -2.10. The van der Waals surface area contributed by atoms with Gasteiger partial charge in [-0.1, -0.05) is 22.9 Å². The van der Waals surface area contributed by atoms with E-state index in [4.69, 9.17) is 16.3 Å². The quantitative estimate of drug-likeness (QED) is 0.762. The summed E-state index contributed by atoms with van der Waals surface area (Å²) < 4.78 is 19.2. The van der Waals surface area contributed by atoms with Gasteiger partial charge in [-0.15, -0.1) is 11.6 Å². The molecule has 1 unspecified atom stereocenters. The maximum Gasteiger partial charge on any atom is 0.166 e. The third-order valence-electron chi connectivity index (χ3n) is 1.68. The van der Waals surface area contributed by atoms with E-state index in [1.807, 2.05) is 6.92 Å². The topological polar surface area (TPSA) is 9.23 Å². The van der Waals surface area contributed by atoms with Gasteiger partial charge in [0.05, 0.1) is 6.61 Å². The van der Waals surface area contributed by atoms with Crippen molar-refractivity contribution in [2.75, 3.05) is 12.5 Å². The van der Waals surface area contributed by atoms with Crippen LogP contribution in [0, 0.1) is 11.7 Å². The highest BCUT2D eigenvalue weighted by molar-refractivity contribution is 9.10. The number of halogens is 3. The van der Waals surface area contributed by atoms with E-state index in [9.17, 15) is 4.39 Å². The van der Waals surface area contributed by atoms with E-state index in [0.717, 1.165) is 0 Å². The molecule has 0 aromatic heterocycles. The Balaban J connectivity index is 2.59. The van der Waals surface area contributed by atoms with Gasteiger partial charge in [0.15, 0.2) is 11.6 Å². The molecule has 0 aliphatic rings. The van der Waals surface area contributed by atoms with Gasteiger partial charge in [0.1, 0.15) is 0 Å². The second-order valence-electron chi connectivity index (χ2n) is 3.15. The highest BCUT2D eigenvalue weighted by atomic mass is 79.9. The molecule has 0 bridgehead atoms. The minimum absolute atomic E-state index is 0.222. The average molecular weight is 282 g/mol. The maximum absolute atomic E-state index is 13.2. The number of ether oxygens (including phenoxy) is 1. The largest absolute Gasteiger partial charge is 0.490 e. The van der Waals surface area contributed by atoms with Crippen molar-refractivity contribution in [3.05, 3.63) is 28.5 Å². The van der Waals surface area contributed by atoms with Gasteiger partial charge < -0.3 is 4.74 Å². The van der Waals surface area contributed by atoms with Crippen LogP contribution in [0.4, 0.5) is 4.39 Å². The van der Waals surface area contributed by atoms with Crippen LogP contribution in [-0.4, -0.2) is 12.5 Å². The molecule has 78 valence electrons. The number of hydrogen-bond donors (Lipinski definition) is 0. The summed E-state index contributed by atoms with van der Waals surface area (Å²) in [7, 11) is 0. The van der Waals surface area contributed by atoms with Crippen LogP contribution in [0.2, 0.25) is 0 Å². The molecule has 0 fully saturated rings. The standard InChI is InChI=1S/C10H11BrClFO/c1-7(5-12)6-14-10-3-2-8(11)4-9(10)13/h2-4,7H,5-6H2,1H3. The lowest BCUT2D eigenvalue weighted by atomic mass is 10.2. The van der Waals surface area contributed by atoms with Gasteiger partial charge in [0.25, 0.3) is 0 Å². The van der Waals surface area contributed by atoms with Crippen LogP contribution in [0.25, 0.3) is 0 Å². The summed E-state index contributed by atoms with van der Waals surface area (Å²) in [5.41, 5.74) is 0. The minimum Gasteiger partial charge on any atom is -0.490 e. The molecule has 1 nitrogen and oxygen atoms in total. The fraction of sp³-hybridized carbons (Fsp3) is 0.400. The summed E-state index contributed by atoms with van der Waals surface area (Å²) in [6, 6.07) is 4.71. The van der Waals surface area contributed by atoms with Crippen molar-refractivity contribution in [1.29, 1.82) is 0 Å². The Bertz CT molecular complexity index is 306. The van der Waals surface area contributed by atoms with Gasteiger partial charge in [-0.25, -0.2) is 4.39 Å². The summed E-state index contributed by atoms with van der Waals surface area (Å²) in [6.45, 7) is 2.38. The van der Waals surface area contributed by atoms with Crippen molar-refractivity contribution in [2.45, 2.75) is 6.92 Å². The fourth-order valence-corrected chi connectivity index (χ4v) is 1.29. The molecule has 0 heterocycles. The summed E-state index contributed by atoms with van der Waals surface area (Å²) in [5.74, 6) is 0.643. The molecule has 1 rings (SSSR count). The Kier molecular flexibility index (Phi) is 4.69. The maximum atomic E-state index is 13.2. The van der Waals surface area contributed by atoms with Crippen LogP contribution in [-0.2, 0) is 0 Å². The molecule has 0 aliphatic carbocycles. The Morgan fingerprint density at radius 3 is 2.86 bits per heavy atom. The van der Waals surface area contributed by atoms with E-state index in [1.165, 1.54) is 6.07 Å². The molecule has 0 spiro atoms. The van der Waals surface area contributed by atoms with E-state index in [2.05, 4.69) is 15.9 Å². The first-order chi connectivity index (χ1) is 6.63. The molecule has 0 amide bonds. The Morgan fingerprint density at radius 2 is 2.29 bits per heavy atom.